The molecular weight excluding hydrogens is 244 g/mol. The lowest BCUT2D eigenvalue weighted by Crippen LogP contribution is -2.35. The van der Waals surface area contributed by atoms with E-state index in [1.165, 1.54) is 12.1 Å². The fraction of sp³-hybridized carbons (Fsp3) is 0.100. The lowest BCUT2D eigenvalue weighted by atomic mass is 10.2. The van der Waals surface area contributed by atoms with Gasteiger partial charge in [0.15, 0.2) is 0 Å². The Hall–Kier alpha value is -2.20. The molecule has 1 aromatic rings. The van der Waals surface area contributed by atoms with Crippen molar-refractivity contribution in [3.05, 3.63) is 29.8 Å². The number of rotatable bonds is 3. The Morgan fingerprint density at radius 3 is 2.76 bits per heavy atom. The summed E-state index contributed by atoms with van der Waals surface area (Å²) in [6.07, 6.45) is 4.09. The molecule has 0 saturated heterocycles. The van der Waals surface area contributed by atoms with Crippen molar-refractivity contribution in [3.63, 3.8) is 0 Å². The van der Waals surface area contributed by atoms with Gasteiger partial charge in [0.25, 0.3) is 0 Å². The highest BCUT2D eigenvalue weighted by Gasteiger charge is 2.14. The number of amides is 1. The highest BCUT2D eigenvalue weighted by molar-refractivity contribution is 7.91. The smallest absolute Gasteiger partial charge is 0.422 e. The lowest BCUT2D eigenvalue weighted by Gasteiger charge is -2.08. The molecule has 0 fully saturated rings. The Labute approximate surface area is 99.2 Å². The zero-order chi connectivity index (χ0) is 12.9. The van der Waals surface area contributed by atoms with Gasteiger partial charge in [0, 0.05) is 5.56 Å². The number of ether oxygens (including phenoxy) is 1. The first-order chi connectivity index (χ1) is 7.96. The quantitative estimate of drug-likeness (QED) is 0.777. The summed E-state index contributed by atoms with van der Waals surface area (Å²) in [6.45, 7) is 0. The Morgan fingerprint density at radius 1 is 1.47 bits per heavy atom. The monoisotopic (exact) mass is 254 g/mol. The zero-order valence-electron chi connectivity index (χ0n) is 8.93. The van der Waals surface area contributed by atoms with Crippen molar-refractivity contribution in [1.29, 1.82) is 0 Å². The molecule has 0 heterocycles. The maximum atomic E-state index is 11.4. The second kappa shape index (κ2) is 5.23. The van der Waals surface area contributed by atoms with Crippen LogP contribution in [0.2, 0.25) is 0 Å². The second-order valence-electron chi connectivity index (χ2n) is 2.92. The summed E-state index contributed by atoms with van der Waals surface area (Å²) in [5, 5.41) is 0. The first kappa shape index (κ1) is 12.9. The van der Waals surface area contributed by atoms with E-state index in [1.807, 2.05) is 0 Å². The molecule has 1 rings (SSSR count). The zero-order valence-corrected chi connectivity index (χ0v) is 9.74. The topological polar surface area (TPSA) is 84.5 Å². The van der Waals surface area contributed by atoms with Gasteiger partial charge in [-0.2, -0.15) is 8.42 Å². The Kier molecular flexibility index (Phi) is 3.96. The molecule has 1 amide bonds. The van der Waals surface area contributed by atoms with E-state index in [4.69, 9.17) is 6.42 Å². The lowest BCUT2D eigenvalue weighted by molar-refractivity contribution is 0.177. The number of nitrogens with one attached hydrogen (secondary N) is 2. The predicted octanol–water partition coefficient (Wildman–Crippen LogP) is 0.681. The van der Waals surface area contributed by atoms with Crippen LogP contribution in [0.5, 0.6) is 0 Å². The number of carbonyl (C=O) groups is 1. The van der Waals surface area contributed by atoms with Crippen LogP contribution in [0.15, 0.2) is 24.3 Å². The molecule has 7 heteroatoms. The first-order valence-electron chi connectivity index (χ1n) is 4.42. The van der Waals surface area contributed by atoms with Gasteiger partial charge in [-0.05, 0) is 18.2 Å². The summed E-state index contributed by atoms with van der Waals surface area (Å²) < 4.78 is 30.7. The van der Waals surface area contributed by atoms with Gasteiger partial charge in [-0.15, -0.1) is 6.42 Å². The van der Waals surface area contributed by atoms with Crippen LogP contribution in [0, 0.1) is 12.3 Å². The van der Waals surface area contributed by atoms with Gasteiger partial charge in [-0.1, -0.05) is 12.0 Å². The maximum absolute atomic E-state index is 11.4. The summed E-state index contributed by atoms with van der Waals surface area (Å²) in [7, 11) is -2.95. The van der Waals surface area contributed by atoms with Gasteiger partial charge < -0.3 is 4.74 Å². The predicted molar refractivity (Wildman–Crippen MR) is 62.5 cm³/mol. The highest BCUT2D eigenvalue weighted by atomic mass is 32.2. The van der Waals surface area contributed by atoms with Gasteiger partial charge in [0.05, 0.1) is 12.8 Å². The Bertz CT molecular complexity index is 560. The summed E-state index contributed by atoms with van der Waals surface area (Å²) >= 11 is 0. The fourth-order valence-electron chi connectivity index (χ4n) is 1.00. The van der Waals surface area contributed by atoms with Crippen LogP contribution in [-0.2, 0) is 14.9 Å². The minimum absolute atomic E-state index is 0.247. The van der Waals surface area contributed by atoms with E-state index in [0.29, 0.717) is 5.56 Å². The number of methoxy groups -OCH3 is 1. The molecule has 0 saturated carbocycles. The molecule has 0 atom stereocenters. The Morgan fingerprint density at radius 2 is 2.18 bits per heavy atom. The van der Waals surface area contributed by atoms with Crippen molar-refractivity contribution in [2.45, 2.75) is 0 Å². The van der Waals surface area contributed by atoms with Crippen molar-refractivity contribution in [3.8, 4) is 12.3 Å². The third-order valence-electron chi connectivity index (χ3n) is 1.68. The third-order valence-corrected chi connectivity index (χ3v) is 2.62. The van der Waals surface area contributed by atoms with Crippen LogP contribution >= 0.6 is 0 Å². The average Bonchev–Trinajstić information content (AvgIpc) is 2.27. The van der Waals surface area contributed by atoms with Crippen molar-refractivity contribution >= 4 is 22.0 Å². The summed E-state index contributed by atoms with van der Waals surface area (Å²) in [5.74, 6) is 2.36. The minimum atomic E-state index is -4.01. The van der Waals surface area contributed by atoms with E-state index >= 15 is 0 Å². The molecule has 0 aliphatic rings. The summed E-state index contributed by atoms with van der Waals surface area (Å²) in [4.78, 5) is 10.8. The molecule has 0 unspecified atom stereocenters. The van der Waals surface area contributed by atoms with E-state index in [9.17, 15) is 13.2 Å². The highest BCUT2D eigenvalue weighted by Crippen LogP contribution is 2.10. The first-order valence-corrected chi connectivity index (χ1v) is 5.90. The van der Waals surface area contributed by atoms with Crippen LogP contribution in [0.3, 0.4) is 0 Å². The van der Waals surface area contributed by atoms with E-state index in [2.05, 4.69) is 15.4 Å². The normalized spacial score (nSPS) is 10.1. The van der Waals surface area contributed by atoms with Crippen molar-refractivity contribution in [1.82, 2.24) is 4.72 Å². The molecule has 0 bridgehead atoms. The largest absolute Gasteiger partial charge is 0.452 e. The Balaban J connectivity index is 2.83. The number of benzene rings is 1. The number of terminal acetylenes is 1. The van der Waals surface area contributed by atoms with Gasteiger partial charge >= 0.3 is 16.3 Å². The standard InChI is InChI=1S/C10H10N2O4S/c1-3-8-5-4-6-9(7-8)11-17(14,15)12-10(13)16-2/h1,4-7,11H,2H3,(H,12,13). The molecule has 0 aromatic heterocycles. The van der Waals surface area contributed by atoms with E-state index < -0.39 is 16.3 Å². The average molecular weight is 254 g/mol. The van der Waals surface area contributed by atoms with Crippen LogP contribution in [0.25, 0.3) is 0 Å². The van der Waals surface area contributed by atoms with E-state index in [-0.39, 0.29) is 5.69 Å². The molecule has 0 aliphatic heterocycles. The SMILES string of the molecule is C#Cc1cccc(NS(=O)(=O)NC(=O)OC)c1. The molecule has 0 spiro atoms. The van der Waals surface area contributed by atoms with Gasteiger partial charge in [0.2, 0.25) is 0 Å². The molecule has 1 aromatic carbocycles. The maximum Gasteiger partial charge on any atom is 0.422 e. The van der Waals surface area contributed by atoms with Crippen LogP contribution < -0.4 is 9.44 Å². The molecule has 0 radical (unpaired) electrons. The third kappa shape index (κ3) is 4.04. The van der Waals surface area contributed by atoms with Gasteiger partial charge in [-0.25, -0.2) is 9.52 Å². The number of hydrogen-bond donors (Lipinski definition) is 2. The summed E-state index contributed by atoms with van der Waals surface area (Å²) in [6, 6.07) is 6.19. The number of hydrogen-bond acceptors (Lipinski definition) is 4. The van der Waals surface area contributed by atoms with Crippen molar-refractivity contribution in [2.75, 3.05) is 11.8 Å². The number of carbonyl (C=O) groups excluding carboxylic acids is 1. The number of anilines is 1. The van der Waals surface area contributed by atoms with Crippen LogP contribution in [0.1, 0.15) is 5.56 Å². The molecular formula is C10H10N2O4S. The molecule has 90 valence electrons. The molecule has 0 aliphatic carbocycles. The summed E-state index contributed by atoms with van der Waals surface area (Å²) in [5.41, 5.74) is 0.764. The van der Waals surface area contributed by atoms with E-state index in [1.54, 1.807) is 16.9 Å². The van der Waals surface area contributed by atoms with Crippen LogP contribution in [-0.4, -0.2) is 21.6 Å². The van der Waals surface area contributed by atoms with E-state index in [0.717, 1.165) is 7.11 Å². The second-order valence-corrected chi connectivity index (χ2v) is 4.34. The minimum Gasteiger partial charge on any atom is -0.452 e. The molecule has 2 N–H and O–H groups in total. The molecule has 17 heavy (non-hydrogen) atoms. The fourth-order valence-corrected chi connectivity index (χ4v) is 1.80. The van der Waals surface area contributed by atoms with Gasteiger partial charge in [-0.3, -0.25) is 4.72 Å². The van der Waals surface area contributed by atoms with Crippen molar-refractivity contribution < 1.29 is 17.9 Å². The van der Waals surface area contributed by atoms with Crippen LogP contribution in [0.4, 0.5) is 10.5 Å². The van der Waals surface area contributed by atoms with Crippen molar-refractivity contribution in [2.24, 2.45) is 0 Å². The van der Waals surface area contributed by atoms with Gasteiger partial charge in [0.1, 0.15) is 0 Å². The molecule has 6 nitrogen and oxygen atoms in total.